The highest BCUT2D eigenvalue weighted by molar-refractivity contribution is 6.30. The normalized spacial score (nSPS) is 33.4. The van der Waals surface area contributed by atoms with Gasteiger partial charge in [-0.1, -0.05) is 11.6 Å². The maximum Gasteiger partial charge on any atom is 0.246 e. The van der Waals surface area contributed by atoms with E-state index >= 15 is 0 Å². The Labute approximate surface area is 162 Å². The van der Waals surface area contributed by atoms with Gasteiger partial charge in [0.2, 0.25) is 5.91 Å². The van der Waals surface area contributed by atoms with Crippen LogP contribution in [-0.2, 0) is 9.53 Å². The maximum absolute atomic E-state index is 13.4. The Morgan fingerprint density at radius 1 is 1.30 bits per heavy atom. The summed E-state index contributed by atoms with van der Waals surface area (Å²) in [5.74, 6) is -0.117. The second-order valence-corrected chi connectivity index (χ2v) is 8.46. The molecule has 0 radical (unpaired) electrons. The lowest BCUT2D eigenvalue weighted by Crippen LogP contribution is -2.83. The third kappa shape index (κ3) is 4.06. The summed E-state index contributed by atoms with van der Waals surface area (Å²) < 4.78 is 24.3. The molecule has 0 aromatic heterocycles. The molecular formula is C19H24ClFN2O4. The van der Waals surface area contributed by atoms with E-state index in [4.69, 9.17) is 21.1 Å². The van der Waals surface area contributed by atoms with Gasteiger partial charge in [-0.2, -0.15) is 0 Å². The van der Waals surface area contributed by atoms with Crippen molar-refractivity contribution < 1.29 is 23.8 Å². The summed E-state index contributed by atoms with van der Waals surface area (Å²) in [7, 11) is 0. The van der Waals surface area contributed by atoms with Crippen LogP contribution in [0.15, 0.2) is 18.2 Å². The van der Waals surface area contributed by atoms with Crippen LogP contribution in [0.4, 0.5) is 4.39 Å². The molecule has 4 saturated carbocycles. The lowest BCUT2D eigenvalue weighted by atomic mass is 9.44. The monoisotopic (exact) mass is 398 g/mol. The minimum Gasteiger partial charge on any atom is -0.492 e. The summed E-state index contributed by atoms with van der Waals surface area (Å²) in [4.78, 5) is 12.0. The van der Waals surface area contributed by atoms with E-state index in [1.54, 1.807) is 6.07 Å². The first-order chi connectivity index (χ1) is 12.9. The predicted octanol–water partition coefficient (Wildman–Crippen LogP) is 1.78. The molecule has 2 bridgehead atoms. The molecule has 3 N–H and O–H groups in total. The number of amides is 1. The van der Waals surface area contributed by atoms with Crippen molar-refractivity contribution >= 4 is 17.5 Å². The van der Waals surface area contributed by atoms with E-state index in [0.29, 0.717) is 31.7 Å². The van der Waals surface area contributed by atoms with Crippen LogP contribution in [0.25, 0.3) is 0 Å². The number of carbonyl (C=O) groups is 1. The van der Waals surface area contributed by atoms with Crippen molar-refractivity contribution in [3.63, 3.8) is 0 Å². The molecular weight excluding hydrogens is 375 g/mol. The van der Waals surface area contributed by atoms with Crippen molar-refractivity contribution in [3.05, 3.63) is 29.0 Å². The largest absolute Gasteiger partial charge is 0.492 e. The molecule has 4 aliphatic carbocycles. The molecule has 1 aromatic rings. The van der Waals surface area contributed by atoms with Gasteiger partial charge >= 0.3 is 0 Å². The highest BCUT2D eigenvalue weighted by atomic mass is 35.5. The zero-order chi connectivity index (χ0) is 19.1. The molecule has 1 aromatic carbocycles. The van der Waals surface area contributed by atoms with Crippen LogP contribution in [0.2, 0.25) is 5.02 Å². The predicted molar refractivity (Wildman–Crippen MR) is 97.3 cm³/mol. The molecule has 148 valence electrons. The lowest BCUT2D eigenvalue weighted by Gasteiger charge is -2.70. The van der Waals surface area contributed by atoms with Gasteiger partial charge in [0.25, 0.3) is 0 Å². The first-order valence-electron chi connectivity index (χ1n) is 9.31. The maximum atomic E-state index is 13.4. The van der Waals surface area contributed by atoms with Gasteiger partial charge in [0.1, 0.15) is 24.8 Å². The summed E-state index contributed by atoms with van der Waals surface area (Å²) in [6, 6.07) is 4.40. The fourth-order valence-corrected chi connectivity index (χ4v) is 4.48. The second-order valence-electron chi connectivity index (χ2n) is 8.05. The molecule has 0 heterocycles. The van der Waals surface area contributed by atoms with E-state index in [1.165, 1.54) is 12.1 Å². The average Bonchev–Trinajstić information content (AvgIpc) is 2.53. The Balaban J connectivity index is 1.10. The number of ether oxygens (including phenoxy) is 2. The minimum absolute atomic E-state index is 0.0147. The molecule has 0 spiro atoms. The van der Waals surface area contributed by atoms with Gasteiger partial charge in [0.05, 0.1) is 17.2 Å². The topological polar surface area (TPSA) is 79.8 Å². The number of nitrogens with one attached hydrogen (secondary N) is 2. The van der Waals surface area contributed by atoms with Crippen molar-refractivity contribution in [3.8, 4) is 5.75 Å². The first-order valence-corrected chi connectivity index (χ1v) is 9.68. The van der Waals surface area contributed by atoms with Crippen LogP contribution < -0.4 is 15.4 Å². The number of hydrogen-bond acceptors (Lipinski definition) is 5. The Morgan fingerprint density at radius 3 is 2.70 bits per heavy atom. The summed E-state index contributed by atoms with van der Waals surface area (Å²) in [5.41, 5.74) is -0.00639. The van der Waals surface area contributed by atoms with Crippen molar-refractivity contribution in [2.45, 2.75) is 55.4 Å². The van der Waals surface area contributed by atoms with Crippen molar-refractivity contribution in [2.24, 2.45) is 0 Å². The number of carbonyl (C=O) groups excluding carboxylic acids is 1. The number of aliphatic hydroxyl groups excluding tert-OH is 1. The molecule has 0 aliphatic heterocycles. The molecule has 0 unspecified atom stereocenters. The third-order valence-electron chi connectivity index (χ3n) is 5.72. The van der Waals surface area contributed by atoms with Crippen LogP contribution in [0, 0.1) is 5.82 Å². The van der Waals surface area contributed by atoms with Gasteiger partial charge < -0.3 is 25.2 Å². The van der Waals surface area contributed by atoms with E-state index in [9.17, 15) is 14.3 Å². The molecule has 8 heteroatoms. The molecule has 27 heavy (non-hydrogen) atoms. The fraction of sp³-hybridized carbons (Fsp3) is 0.632. The average molecular weight is 399 g/mol. The second kappa shape index (κ2) is 7.20. The lowest BCUT2D eigenvalue weighted by molar-refractivity contribution is -0.151. The quantitative estimate of drug-likeness (QED) is 0.552. The summed E-state index contributed by atoms with van der Waals surface area (Å²) >= 11 is 5.64. The molecule has 4 aliphatic rings. The molecule has 0 atom stereocenters. The minimum atomic E-state index is -0.489. The van der Waals surface area contributed by atoms with Crippen LogP contribution >= 0.6 is 11.6 Å². The summed E-state index contributed by atoms with van der Waals surface area (Å²) in [6.07, 6.45) is 3.70. The van der Waals surface area contributed by atoms with E-state index in [2.05, 4.69) is 10.6 Å². The number of rotatable bonds is 9. The van der Waals surface area contributed by atoms with E-state index < -0.39 is 5.82 Å². The van der Waals surface area contributed by atoms with Crippen LogP contribution in [-0.4, -0.2) is 54.1 Å². The Morgan fingerprint density at radius 2 is 2.04 bits per heavy atom. The number of benzene rings is 1. The van der Waals surface area contributed by atoms with Gasteiger partial charge in [-0.3, -0.25) is 4.79 Å². The van der Waals surface area contributed by atoms with Gasteiger partial charge in [-0.25, -0.2) is 4.39 Å². The molecule has 5 rings (SSSR count). The summed E-state index contributed by atoms with van der Waals surface area (Å²) in [6.45, 7) is 1.15. The number of hydrogen-bond donors (Lipinski definition) is 3. The fourth-order valence-electron chi connectivity index (χ4n) is 4.36. The van der Waals surface area contributed by atoms with Crippen molar-refractivity contribution in [2.75, 3.05) is 19.8 Å². The van der Waals surface area contributed by atoms with E-state index in [1.807, 2.05) is 0 Å². The molecule has 1 amide bonds. The Hall–Kier alpha value is -1.41. The van der Waals surface area contributed by atoms with Gasteiger partial charge in [0.15, 0.2) is 0 Å². The molecule has 6 nitrogen and oxygen atoms in total. The summed E-state index contributed by atoms with van der Waals surface area (Å²) in [5, 5.41) is 15.8. The van der Waals surface area contributed by atoms with Gasteiger partial charge in [-0.15, -0.1) is 0 Å². The molecule has 4 fully saturated rings. The standard InChI is InChI=1S/C19H24ClFN2O4/c20-15-2-1-13(7-16(15)21)26-4-3-22-18-9-19(10-18,11-18)23-17(25)8-27-14-5-12(24)6-14/h1-2,7,12,14,22,24H,3-6,8-11H2,(H,23,25). The number of halogens is 2. The number of aliphatic hydroxyl groups is 1. The highest BCUT2D eigenvalue weighted by Gasteiger charge is 2.68. The van der Waals surface area contributed by atoms with Crippen molar-refractivity contribution in [1.82, 2.24) is 10.6 Å². The first kappa shape index (κ1) is 18.9. The van der Waals surface area contributed by atoms with Gasteiger partial charge in [-0.05, 0) is 44.2 Å². The van der Waals surface area contributed by atoms with E-state index in [0.717, 1.165) is 19.3 Å². The zero-order valence-corrected chi connectivity index (χ0v) is 15.7. The van der Waals surface area contributed by atoms with Crippen LogP contribution in [0.5, 0.6) is 5.75 Å². The van der Waals surface area contributed by atoms with Gasteiger partial charge in [0, 0.05) is 23.7 Å². The Bertz CT molecular complexity index is 706. The van der Waals surface area contributed by atoms with Crippen LogP contribution in [0.3, 0.4) is 0 Å². The molecule has 0 saturated heterocycles. The van der Waals surface area contributed by atoms with E-state index in [-0.39, 0.29) is 40.8 Å². The Kier molecular flexibility index (Phi) is 5.05. The van der Waals surface area contributed by atoms with Crippen LogP contribution in [0.1, 0.15) is 32.1 Å². The van der Waals surface area contributed by atoms with Crippen molar-refractivity contribution in [1.29, 1.82) is 0 Å². The highest BCUT2D eigenvalue weighted by Crippen LogP contribution is 2.60. The SMILES string of the molecule is O=C(COC1CC(O)C1)NC12CC(NCCOc3ccc(Cl)c(F)c3)(C1)C2. The zero-order valence-electron chi connectivity index (χ0n) is 15.0. The third-order valence-corrected chi connectivity index (χ3v) is 6.02. The smallest absolute Gasteiger partial charge is 0.246 e.